The van der Waals surface area contributed by atoms with Crippen LogP contribution in [0.4, 0.5) is 5.69 Å². The average Bonchev–Trinajstić information content (AvgIpc) is 3.33. The first-order chi connectivity index (χ1) is 18.2. The Hall–Kier alpha value is -4.41. The summed E-state index contributed by atoms with van der Waals surface area (Å²) in [6.45, 7) is 0.212. The fourth-order valence-electron chi connectivity index (χ4n) is 3.59. The number of nitrogens with one attached hydrogen (secondary N) is 1. The van der Waals surface area contributed by atoms with Crippen LogP contribution >= 0.6 is 23.2 Å². The smallest absolute Gasteiger partial charge is 0.307 e. The van der Waals surface area contributed by atoms with Crippen molar-refractivity contribution < 1.29 is 28.9 Å². The van der Waals surface area contributed by atoms with E-state index in [1.165, 1.54) is 24.3 Å². The van der Waals surface area contributed by atoms with Crippen molar-refractivity contribution >= 4 is 40.8 Å². The van der Waals surface area contributed by atoms with Gasteiger partial charge in [0.05, 0.1) is 22.9 Å². The second-order valence-electron chi connectivity index (χ2n) is 7.99. The molecule has 0 aliphatic heterocycles. The minimum absolute atomic E-state index is 0.102. The Morgan fingerprint density at radius 3 is 2.34 bits per heavy atom. The topological polar surface area (TPSA) is 145 Å². The van der Waals surface area contributed by atoms with Crippen LogP contribution < -0.4 is 10.1 Å². The van der Waals surface area contributed by atoms with Crippen LogP contribution in [0.1, 0.15) is 15.9 Å². The fraction of sp³-hybridized carbons (Fsp3) is 0.115. The molecule has 0 unspecified atom stereocenters. The average molecular weight is 556 g/mol. The highest BCUT2D eigenvalue weighted by atomic mass is 35.5. The van der Waals surface area contributed by atoms with E-state index >= 15 is 0 Å². The molecular weight excluding hydrogens is 537 g/mol. The largest absolute Gasteiger partial charge is 0.490 e. The van der Waals surface area contributed by atoms with Crippen LogP contribution in [0.5, 0.6) is 5.75 Å². The van der Waals surface area contributed by atoms with Crippen molar-refractivity contribution in [2.45, 2.75) is 6.42 Å². The van der Waals surface area contributed by atoms with Crippen LogP contribution in [0.15, 0.2) is 71.3 Å². The van der Waals surface area contributed by atoms with Crippen LogP contribution in [0, 0.1) is 10.1 Å². The molecular formula is C26H19Cl2N3O7. The number of rotatable bonds is 10. The first-order valence-corrected chi connectivity index (χ1v) is 11.9. The molecule has 0 aliphatic rings. The number of nitrogens with zero attached hydrogens (tertiary/aromatic N) is 2. The lowest BCUT2D eigenvalue weighted by Crippen LogP contribution is -2.28. The predicted molar refractivity (Wildman–Crippen MR) is 140 cm³/mol. The molecule has 38 heavy (non-hydrogen) atoms. The molecule has 0 atom stereocenters. The van der Waals surface area contributed by atoms with Gasteiger partial charge < -0.3 is 19.7 Å². The van der Waals surface area contributed by atoms with Crippen molar-refractivity contribution in [3.05, 3.63) is 98.0 Å². The predicted octanol–water partition coefficient (Wildman–Crippen LogP) is 5.66. The first kappa shape index (κ1) is 26.6. The fourth-order valence-corrected chi connectivity index (χ4v) is 4.05. The molecule has 0 saturated heterocycles. The van der Waals surface area contributed by atoms with E-state index in [-0.39, 0.29) is 42.3 Å². The van der Waals surface area contributed by atoms with Gasteiger partial charge in [0.1, 0.15) is 23.6 Å². The molecule has 0 bridgehead atoms. The Bertz CT molecular complexity index is 1490. The van der Waals surface area contributed by atoms with Crippen molar-refractivity contribution in [3.8, 4) is 28.3 Å². The number of carbonyl (C=O) groups is 2. The van der Waals surface area contributed by atoms with Crippen LogP contribution in [0.2, 0.25) is 10.0 Å². The van der Waals surface area contributed by atoms with Gasteiger partial charge in [-0.05, 0) is 35.9 Å². The van der Waals surface area contributed by atoms with Gasteiger partial charge in [0, 0.05) is 28.3 Å². The van der Waals surface area contributed by atoms with E-state index in [1.807, 2.05) is 0 Å². The van der Waals surface area contributed by atoms with Gasteiger partial charge in [0.25, 0.3) is 11.6 Å². The number of benzene rings is 3. The second-order valence-corrected chi connectivity index (χ2v) is 8.83. The Morgan fingerprint density at radius 2 is 1.71 bits per heavy atom. The molecule has 0 aliphatic carbocycles. The highest BCUT2D eigenvalue weighted by Crippen LogP contribution is 2.33. The standard InChI is InChI=1S/C26H19Cl2N3O7/c27-18-7-10-21(20(28)14-18)37-12-11-29-26(34)23-24(16-3-1-15(2-4-16)13-22(32)33)30-38-25(23)17-5-8-19(9-6-17)31(35)36/h1-10,14H,11-13H2,(H,29,34)(H,32,33). The van der Waals surface area contributed by atoms with Crippen LogP contribution in [-0.4, -0.2) is 40.2 Å². The van der Waals surface area contributed by atoms with Crippen molar-refractivity contribution in [2.24, 2.45) is 0 Å². The number of carboxylic acids is 1. The van der Waals surface area contributed by atoms with E-state index in [2.05, 4.69) is 10.5 Å². The van der Waals surface area contributed by atoms with Gasteiger partial charge in [-0.1, -0.05) is 52.6 Å². The third-order valence-corrected chi connectivity index (χ3v) is 5.91. The van der Waals surface area contributed by atoms with E-state index in [9.17, 15) is 19.7 Å². The lowest BCUT2D eigenvalue weighted by atomic mass is 10.00. The molecule has 0 spiro atoms. The van der Waals surface area contributed by atoms with Crippen LogP contribution in [0.3, 0.4) is 0 Å². The third-order valence-electron chi connectivity index (χ3n) is 5.38. The van der Waals surface area contributed by atoms with E-state index in [0.29, 0.717) is 32.5 Å². The van der Waals surface area contributed by atoms with E-state index in [4.69, 9.17) is 37.6 Å². The molecule has 4 rings (SSSR count). The minimum Gasteiger partial charge on any atom is -0.490 e. The first-order valence-electron chi connectivity index (χ1n) is 11.1. The van der Waals surface area contributed by atoms with Crippen molar-refractivity contribution in [1.29, 1.82) is 0 Å². The van der Waals surface area contributed by atoms with E-state index in [1.54, 1.807) is 42.5 Å². The SMILES string of the molecule is O=C(O)Cc1ccc(-c2noc(-c3ccc([N+](=O)[O-])cc3)c2C(=O)NCCOc2ccc(Cl)cc2Cl)cc1. The van der Waals surface area contributed by atoms with Gasteiger partial charge >= 0.3 is 5.97 Å². The molecule has 12 heteroatoms. The number of halogens is 2. The Kier molecular flexibility index (Phi) is 8.25. The molecule has 1 amide bonds. The normalized spacial score (nSPS) is 10.7. The highest BCUT2D eigenvalue weighted by molar-refractivity contribution is 6.35. The summed E-state index contributed by atoms with van der Waals surface area (Å²) in [7, 11) is 0. The van der Waals surface area contributed by atoms with Crippen molar-refractivity contribution in [1.82, 2.24) is 10.5 Å². The Labute approximate surface area is 225 Å². The molecule has 0 radical (unpaired) electrons. The lowest BCUT2D eigenvalue weighted by molar-refractivity contribution is -0.384. The van der Waals surface area contributed by atoms with Crippen molar-refractivity contribution in [3.63, 3.8) is 0 Å². The summed E-state index contributed by atoms with van der Waals surface area (Å²) in [4.78, 5) is 34.8. The maximum atomic E-state index is 13.3. The number of non-ortho nitro benzene ring substituents is 1. The van der Waals surface area contributed by atoms with Gasteiger partial charge in [-0.15, -0.1) is 0 Å². The van der Waals surface area contributed by atoms with Gasteiger partial charge in [-0.3, -0.25) is 19.7 Å². The number of nitro benzene ring substituents is 1. The summed E-state index contributed by atoms with van der Waals surface area (Å²) in [5.41, 5.74) is 1.71. The quantitative estimate of drug-likeness (QED) is 0.145. The molecule has 3 aromatic carbocycles. The number of ether oxygens (including phenoxy) is 1. The number of amides is 1. The summed E-state index contributed by atoms with van der Waals surface area (Å²) >= 11 is 12.0. The zero-order chi connectivity index (χ0) is 27.2. The second kappa shape index (κ2) is 11.8. The number of nitro groups is 1. The summed E-state index contributed by atoms with van der Waals surface area (Å²) in [5, 5.41) is 27.7. The van der Waals surface area contributed by atoms with E-state index < -0.39 is 16.8 Å². The number of aliphatic carboxylic acids is 1. The van der Waals surface area contributed by atoms with Crippen LogP contribution in [-0.2, 0) is 11.2 Å². The van der Waals surface area contributed by atoms with Gasteiger partial charge in [0.2, 0.25) is 0 Å². The molecule has 4 aromatic rings. The number of hydrogen-bond donors (Lipinski definition) is 2. The summed E-state index contributed by atoms with van der Waals surface area (Å²) in [6, 6.07) is 16.8. The number of carbonyl (C=O) groups excluding carboxylic acids is 1. The van der Waals surface area contributed by atoms with Crippen molar-refractivity contribution in [2.75, 3.05) is 13.2 Å². The molecule has 10 nitrogen and oxygen atoms in total. The summed E-state index contributed by atoms with van der Waals surface area (Å²) in [5.74, 6) is -0.968. The maximum Gasteiger partial charge on any atom is 0.307 e. The highest BCUT2D eigenvalue weighted by Gasteiger charge is 2.25. The molecule has 194 valence electrons. The summed E-state index contributed by atoms with van der Waals surface area (Å²) in [6.07, 6.45) is -0.155. The van der Waals surface area contributed by atoms with Crippen LogP contribution in [0.25, 0.3) is 22.6 Å². The molecule has 0 fully saturated rings. The monoisotopic (exact) mass is 555 g/mol. The zero-order valence-electron chi connectivity index (χ0n) is 19.5. The number of hydrogen-bond acceptors (Lipinski definition) is 7. The molecule has 0 saturated carbocycles. The Balaban J connectivity index is 1.59. The van der Waals surface area contributed by atoms with Gasteiger partial charge in [0.15, 0.2) is 5.76 Å². The maximum absolute atomic E-state index is 13.3. The number of aromatic nitrogens is 1. The van der Waals surface area contributed by atoms with Gasteiger partial charge in [-0.25, -0.2) is 0 Å². The molecule has 1 heterocycles. The lowest BCUT2D eigenvalue weighted by Gasteiger charge is -2.10. The zero-order valence-corrected chi connectivity index (χ0v) is 21.0. The molecule has 1 aromatic heterocycles. The molecule has 2 N–H and O–H groups in total. The summed E-state index contributed by atoms with van der Waals surface area (Å²) < 4.78 is 11.1. The van der Waals surface area contributed by atoms with Gasteiger partial charge in [-0.2, -0.15) is 0 Å². The van der Waals surface area contributed by atoms with E-state index in [0.717, 1.165) is 0 Å². The Morgan fingerprint density at radius 1 is 1.03 bits per heavy atom. The number of carboxylic acid groups (broad SMARTS) is 1. The minimum atomic E-state index is -0.971. The third kappa shape index (κ3) is 6.28.